The van der Waals surface area contributed by atoms with E-state index in [2.05, 4.69) is 54.9 Å². The zero-order valence-electron chi connectivity index (χ0n) is 18.2. The summed E-state index contributed by atoms with van der Waals surface area (Å²) in [5.41, 5.74) is 4.94. The molecule has 1 heterocycles. The Morgan fingerprint density at radius 2 is 1.84 bits per heavy atom. The molecule has 3 rings (SSSR count). The first-order valence-electron chi connectivity index (χ1n) is 10.1. The van der Waals surface area contributed by atoms with Crippen LogP contribution < -0.4 is 9.57 Å². The highest BCUT2D eigenvalue weighted by Gasteiger charge is 2.18. The molecule has 0 saturated carbocycles. The fraction of sp³-hybridized carbons (Fsp3) is 0.348. The van der Waals surface area contributed by atoms with E-state index in [1.54, 1.807) is 29.6 Å². The Morgan fingerprint density at radius 1 is 1.16 bits per heavy atom. The maximum absolute atomic E-state index is 10.8. The SMILES string of the molecule is COc1ccc(CCC(Cn2ccnc2O[N+](=O)[O-])Sc2c(C)cc(C)cc2C)cc1. The minimum absolute atomic E-state index is 0.00241. The largest absolute Gasteiger partial charge is 0.497 e. The van der Waals surface area contributed by atoms with Crippen LogP contribution in [0.15, 0.2) is 53.7 Å². The average Bonchev–Trinajstić information content (AvgIpc) is 3.14. The first-order chi connectivity index (χ1) is 14.9. The number of rotatable bonds is 10. The normalized spacial score (nSPS) is 11.9. The van der Waals surface area contributed by atoms with Gasteiger partial charge in [-0.2, -0.15) is 0 Å². The van der Waals surface area contributed by atoms with Gasteiger partial charge in [0, 0.05) is 29.1 Å². The lowest BCUT2D eigenvalue weighted by molar-refractivity contribution is -0.713. The molecule has 0 saturated heterocycles. The summed E-state index contributed by atoms with van der Waals surface area (Å²) in [4.78, 5) is 20.7. The number of benzene rings is 2. The Balaban J connectivity index is 1.81. The smallest absolute Gasteiger partial charge is 0.302 e. The number of ether oxygens (including phenoxy) is 1. The van der Waals surface area contributed by atoms with Gasteiger partial charge < -0.3 is 9.30 Å². The van der Waals surface area contributed by atoms with Crippen molar-refractivity contribution in [3.05, 3.63) is 81.2 Å². The molecule has 7 nitrogen and oxygen atoms in total. The molecule has 1 unspecified atom stereocenters. The predicted molar refractivity (Wildman–Crippen MR) is 121 cm³/mol. The van der Waals surface area contributed by atoms with Crippen molar-refractivity contribution < 1.29 is 14.7 Å². The zero-order chi connectivity index (χ0) is 22.4. The fourth-order valence-electron chi connectivity index (χ4n) is 3.64. The highest BCUT2D eigenvalue weighted by Crippen LogP contribution is 2.34. The monoisotopic (exact) mass is 441 g/mol. The van der Waals surface area contributed by atoms with Gasteiger partial charge in [-0.05, 0) is 62.4 Å². The molecule has 0 amide bonds. The van der Waals surface area contributed by atoms with E-state index in [9.17, 15) is 10.1 Å². The topological polar surface area (TPSA) is 79.4 Å². The van der Waals surface area contributed by atoms with E-state index in [0.29, 0.717) is 6.54 Å². The fourth-order valence-corrected chi connectivity index (χ4v) is 4.94. The standard InChI is InChI=1S/C23H27N3O4S/c1-16-13-17(2)22(18(3)14-16)31-21(10-7-19-5-8-20(29-4)9-6-19)15-25-12-11-24-23(25)30-26(27)28/h5-6,8-9,11-14,21H,7,10,15H2,1-4H3. The third-order valence-electron chi connectivity index (χ3n) is 5.04. The van der Waals surface area contributed by atoms with Crippen molar-refractivity contribution in [2.75, 3.05) is 7.11 Å². The molecule has 0 aliphatic carbocycles. The van der Waals surface area contributed by atoms with Crippen LogP contribution in [0.4, 0.5) is 0 Å². The molecule has 31 heavy (non-hydrogen) atoms. The number of hydrogen-bond donors (Lipinski definition) is 0. The van der Waals surface area contributed by atoms with Crippen LogP contribution in [-0.4, -0.2) is 27.0 Å². The van der Waals surface area contributed by atoms with Gasteiger partial charge in [-0.25, -0.2) is 9.82 Å². The number of methoxy groups -OCH3 is 1. The van der Waals surface area contributed by atoms with Gasteiger partial charge in [0.05, 0.1) is 7.11 Å². The minimum Gasteiger partial charge on any atom is -0.497 e. The summed E-state index contributed by atoms with van der Waals surface area (Å²) in [6.45, 7) is 6.90. The van der Waals surface area contributed by atoms with Gasteiger partial charge in [0.25, 0.3) is 6.01 Å². The van der Waals surface area contributed by atoms with Crippen LogP contribution >= 0.6 is 11.8 Å². The van der Waals surface area contributed by atoms with Crippen molar-refractivity contribution in [1.29, 1.82) is 0 Å². The summed E-state index contributed by atoms with van der Waals surface area (Å²) in [6.07, 6.45) is 5.01. The summed E-state index contributed by atoms with van der Waals surface area (Å²) >= 11 is 1.80. The van der Waals surface area contributed by atoms with E-state index < -0.39 is 5.09 Å². The Labute approximate surface area is 186 Å². The summed E-state index contributed by atoms with van der Waals surface area (Å²) in [5, 5.41) is 10.1. The molecule has 0 aliphatic rings. The summed E-state index contributed by atoms with van der Waals surface area (Å²) in [7, 11) is 1.66. The van der Waals surface area contributed by atoms with Crippen molar-refractivity contribution in [2.45, 2.75) is 50.3 Å². The second-order valence-electron chi connectivity index (χ2n) is 7.53. The van der Waals surface area contributed by atoms with Gasteiger partial charge in [-0.3, -0.25) is 0 Å². The van der Waals surface area contributed by atoms with Crippen molar-refractivity contribution in [3.8, 4) is 11.8 Å². The molecule has 0 spiro atoms. The highest BCUT2D eigenvalue weighted by molar-refractivity contribution is 8.00. The summed E-state index contributed by atoms with van der Waals surface area (Å²) in [5.74, 6) is 0.834. The van der Waals surface area contributed by atoms with Crippen molar-refractivity contribution in [1.82, 2.24) is 9.55 Å². The lowest BCUT2D eigenvalue weighted by atomic mass is 10.1. The molecule has 0 aliphatic heterocycles. The quantitative estimate of drug-likeness (QED) is 0.245. The van der Waals surface area contributed by atoms with Gasteiger partial charge in [-0.15, -0.1) is 21.9 Å². The molecule has 8 heteroatoms. The average molecular weight is 442 g/mol. The number of thioether (sulfide) groups is 1. The maximum atomic E-state index is 10.8. The third-order valence-corrected chi connectivity index (χ3v) is 6.63. The van der Waals surface area contributed by atoms with Crippen LogP contribution in [0.1, 0.15) is 28.7 Å². The molecule has 0 N–H and O–H groups in total. The lowest BCUT2D eigenvalue weighted by Crippen LogP contribution is -2.17. The first kappa shape index (κ1) is 22.7. The van der Waals surface area contributed by atoms with Crippen LogP contribution in [0, 0.1) is 30.9 Å². The Hall–Kier alpha value is -3.00. The minimum atomic E-state index is -0.827. The highest BCUT2D eigenvalue weighted by atomic mass is 32.2. The molecular formula is C23H27N3O4S. The van der Waals surface area contributed by atoms with Crippen LogP contribution in [0.5, 0.6) is 11.8 Å². The molecule has 0 radical (unpaired) electrons. The van der Waals surface area contributed by atoms with E-state index >= 15 is 0 Å². The van der Waals surface area contributed by atoms with Crippen molar-refractivity contribution >= 4 is 11.8 Å². The van der Waals surface area contributed by atoms with Gasteiger partial charge >= 0.3 is 5.09 Å². The second kappa shape index (κ2) is 10.3. The van der Waals surface area contributed by atoms with Crippen LogP contribution in [-0.2, 0) is 13.0 Å². The molecule has 0 bridgehead atoms. The number of hydrogen-bond acceptors (Lipinski definition) is 6. The van der Waals surface area contributed by atoms with E-state index in [4.69, 9.17) is 4.74 Å². The van der Waals surface area contributed by atoms with E-state index in [1.807, 2.05) is 12.1 Å². The van der Waals surface area contributed by atoms with Crippen LogP contribution in [0.3, 0.4) is 0 Å². The summed E-state index contributed by atoms with van der Waals surface area (Å²) in [6, 6.07) is 12.4. The van der Waals surface area contributed by atoms with E-state index in [1.165, 1.54) is 33.3 Å². The van der Waals surface area contributed by atoms with E-state index in [-0.39, 0.29) is 11.3 Å². The second-order valence-corrected chi connectivity index (χ2v) is 8.84. The van der Waals surface area contributed by atoms with Crippen molar-refractivity contribution in [3.63, 3.8) is 0 Å². The Bertz CT molecular complexity index is 1010. The molecule has 164 valence electrons. The number of aromatic nitrogens is 2. The molecule has 0 fully saturated rings. The number of aryl methyl sites for hydroxylation is 4. The summed E-state index contributed by atoms with van der Waals surface area (Å²) < 4.78 is 6.94. The maximum Gasteiger partial charge on any atom is 0.302 e. The Morgan fingerprint density at radius 3 is 2.45 bits per heavy atom. The molecule has 1 atom stereocenters. The van der Waals surface area contributed by atoms with Crippen molar-refractivity contribution in [2.24, 2.45) is 0 Å². The lowest BCUT2D eigenvalue weighted by Gasteiger charge is -2.21. The van der Waals surface area contributed by atoms with Gasteiger partial charge in [0.1, 0.15) is 5.75 Å². The van der Waals surface area contributed by atoms with Gasteiger partial charge in [-0.1, -0.05) is 29.8 Å². The van der Waals surface area contributed by atoms with E-state index in [0.717, 1.165) is 18.6 Å². The molecular weight excluding hydrogens is 414 g/mol. The Kier molecular flexibility index (Phi) is 7.57. The first-order valence-corrected chi connectivity index (χ1v) is 10.9. The molecule has 3 aromatic rings. The zero-order valence-corrected chi connectivity index (χ0v) is 19.0. The number of nitrogens with zero attached hydrogens (tertiary/aromatic N) is 3. The van der Waals surface area contributed by atoms with Gasteiger partial charge in [0.2, 0.25) is 0 Å². The molecule has 2 aromatic carbocycles. The number of imidazole rings is 1. The third kappa shape index (κ3) is 6.24. The van der Waals surface area contributed by atoms with Crippen LogP contribution in [0.2, 0.25) is 0 Å². The predicted octanol–water partition coefficient (Wildman–Crippen LogP) is 5.18. The van der Waals surface area contributed by atoms with Crippen LogP contribution in [0.25, 0.3) is 0 Å². The molecule has 1 aromatic heterocycles. The van der Waals surface area contributed by atoms with Gasteiger partial charge in [0.15, 0.2) is 0 Å².